The molecule has 3 N–H and O–H groups in total. The SMILES string of the molecule is COC1CCC2CC(OC(=O)c3cc(Nc4ccc(C)cc4)c4c(c3N)C(=O)c3ccccc3C4=O)CCC2C1. The van der Waals surface area contributed by atoms with E-state index in [1.807, 2.05) is 31.2 Å². The number of ether oxygens (including phenoxy) is 2. The summed E-state index contributed by atoms with van der Waals surface area (Å²) in [5.41, 5.74) is 9.59. The second-order valence-electron chi connectivity index (χ2n) is 11.4. The molecule has 3 aromatic rings. The molecule has 3 aliphatic rings. The van der Waals surface area contributed by atoms with Gasteiger partial charge in [-0.1, -0.05) is 42.0 Å². The van der Waals surface area contributed by atoms with Crippen LogP contribution < -0.4 is 11.1 Å². The molecule has 0 radical (unpaired) electrons. The van der Waals surface area contributed by atoms with Crippen molar-refractivity contribution in [1.29, 1.82) is 0 Å². The third-order valence-electron chi connectivity index (χ3n) is 8.91. The summed E-state index contributed by atoms with van der Waals surface area (Å²) >= 11 is 0. The summed E-state index contributed by atoms with van der Waals surface area (Å²) in [6.07, 6.45) is 5.86. The quantitative estimate of drug-likeness (QED) is 0.229. The van der Waals surface area contributed by atoms with Gasteiger partial charge in [0.05, 0.1) is 34.2 Å². The number of esters is 1. The van der Waals surface area contributed by atoms with Gasteiger partial charge in [0.25, 0.3) is 0 Å². The number of hydrogen-bond donors (Lipinski definition) is 2. The lowest BCUT2D eigenvalue weighted by atomic mass is 9.69. The minimum atomic E-state index is -0.569. The summed E-state index contributed by atoms with van der Waals surface area (Å²) < 4.78 is 11.6. The first-order valence-electron chi connectivity index (χ1n) is 14.1. The minimum absolute atomic E-state index is 0.0170. The molecule has 0 aromatic heterocycles. The Morgan fingerprint density at radius 3 is 2.10 bits per heavy atom. The number of rotatable bonds is 5. The summed E-state index contributed by atoms with van der Waals surface area (Å²) in [4.78, 5) is 41.0. The van der Waals surface area contributed by atoms with E-state index >= 15 is 0 Å². The summed E-state index contributed by atoms with van der Waals surface area (Å²) in [5, 5.41) is 3.27. The van der Waals surface area contributed by atoms with Gasteiger partial charge in [-0.25, -0.2) is 4.79 Å². The van der Waals surface area contributed by atoms with E-state index < -0.39 is 5.97 Å². The molecule has 40 heavy (non-hydrogen) atoms. The van der Waals surface area contributed by atoms with Crippen molar-refractivity contribution < 1.29 is 23.9 Å². The van der Waals surface area contributed by atoms with Crippen LogP contribution in [0.4, 0.5) is 17.1 Å². The lowest BCUT2D eigenvalue weighted by Crippen LogP contribution is -2.37. The first kappa shape index (κ1) is 26.3. The molecule has 4 atom stereocenters. The molecular formula is C33H34N2O5. The Morgan fingerprint density at radius 2 is 1.45 bits per heavy atom. The van der Waals surface area contributed by atoms with E-state index in [0.717, 1.165) is 49.8 Å². The molecule has 2 fully saturated rings. The Bertz CT molecular complexity index is 1500. The average Bonchev–Trinajstić information content (AvgIpc) is 2.97. The van der Waals surface area contributed by atoms with Crippen LogP contribution in [0.25, 0.3) is 0 Å². The van der Waals surface area contributed by atoms with E-state index in [1.165, 1.54) is 0 Å². The van der Waals surface area contributed by atoms with Crippen LogP contribution in [0.2, 0.25) is 0 Å². The Balaban J connectivity index is 1.34. The number of carbonyl (C=O) groups excluding carboxylic acids is 3. The van der Waals surface area contributed by atoms with Crippen molar-refractivity contribution in [2.45, 2.75) is 57.7 Å². The number of carbonyl (C=O) groups is 3. The third kappa shape index (κ3) is 4.68. The molecule has 0 saturated heterocycles. The molecule has 0 amide bonds. The van der Waals surface area contributed by atoms with Crippen molar-refractivity contribution in [1.82, 2.24) is 0 Å². The van der Waals surface area contributed by atoms with Crippen LogP contribution in [0.15, 0.2) is 54.6 Å². The Hall–Kier alpha value is -3.97. The number of benzene rings is 3. The van der Waals surface area contributed by atoms with Gasteiger partial charge < -0.3 is 20.5 Å². The number of nitrogens with one attached hydrogen (secondary N) is 1. The normalized spacial score (nSPS) is 23.6. The monoisotopic (exact) mass is 538 g/mol. The largest absolute Gasteiger partial charge is 0.459 e. The average molecular weight is 539 g/mol. The standard InChI is InChI=1S/C33H34N2O5/c1-18-7-11-21(12-8-18)35-27-17-26(30(34)29-28(27)31(36)24-5-3-4-6-25(24)32(29)37)33(38)40-23-14-10-19-15-22(39-2)13-9-20(19)16-23/h3-8,11-12,17,19-20,22-23,35H,9-10,13-16,34H2,1-2H3. The van der Waals surface area contributed by atoms with Crippen LogP contribution in [0.5, 0.6) is 0 Å². The Morgan fingerprint density at radius 1 is 0.850 bits per heavy atom. The van der Waals surface area contributed by atoms with Crippen molar-refractivity contribution in [2.24, 2.45) is 11.8 Å². The lowest BCUT2D eigenvalue weighted by molar-refractivity contribution is -0.0274. The summed E-state index contributed by atoms with van der Waals surface area (Å²) in [6.45, 7) is 1.98. The van der Waals surface area contributed by atoms with Gasteiger partial charge in [-0.2, -0.15) is 0 Å². The number of nitrogen functional groups attached to an aromatic ring is 1. The van der Waals surface area contributed by atoms with Crippen LogP contribution in [0, 0.1) is 18.8 Å². The zero-order valence-electron chi connectivity index (χ0n) is 22.9. The molecule has 206 valence electrons. The molecule has 0 aliphatic heterocycles. The van der Waals surface area contributed by atoms with Gasteiger partial charge in [0, 0.05) is 23.9 Å². The molecule has 7 heteroatoms. The summed E-state index contributed by atoms with van der Waals surface area (Å²) in [7, 11) is 1.78. The summed E-state index contributed by atoms with van der Waals surface area (Å²) in [5.74, 6) is -0.152. The van der Waals surface area contributed by atoms with Crippen LogP contribution in [-0.2, 0) is 9.47 Å². The number of anilines is 3. The van der Waals surface area contributed by atoms with E-state index in [2.05, 4.69) is 5.32 Å². The number of nitrogens with two attached hydrogens (primary N) is 1. The molecular weight excluding hydrogens is 504 g/mol. The second-order valence-corrected chi connectivity index (χ2v) is 11.4. The van der Waals surface area contributed by atoms with Crippen molar-refractivity contribution >= 4 is 34.6 Å². The fourth-order valence-electron chi connectivity index (χ4n) is 6.72. The second kappa shape index (κ2) is 10.5. The molecule has 2 saturated carbocycles. The van der Waals surface area contributed by atoms with Crippen molar-refractivity contribution in [3.63, 3.8) is 0 Å². The maximum Gasteiger partial charge on any atom is 0.340 e. The van der Waals surface area contributed by atoms with Crippen LogP contribution in [0.1, 0.15) is 86.3 Å². The van der Waals surface area contributed by atoms with E-state index in [-0.39, 0.29) is 45.6 Å². The molecule has 0 spiro atoms. The first-order valence-corrected chi connectivity index (χ1v) is 14.1. The highest BCUT2D eigenvalue weighted by Gasteiger charge is 2.39. The molecule has 3 aliphatic carbocycles. The van der Waals surface area contributed by atoms with E-state index in [9.17, 15) is 14.4 Å². The molecule has 4 unspecified atom stereocenters. The van der Waals surface area contributed by atoms with Crippen LogP contribution in [-0.4, -0.2) is 36.9 Å². The molecule has 7 nitrogen and oxygen atoms in total. The van der Waals surface area contributed by atoms with E-state index in [4.69, 9.17) is 15.2 Å². The molecule has 3 aromatic carbocycles. The Labute approximate surface area is 234 Å². The van der Waals surface area contributed by atoms with Gasteiger partial charge in [0.1, 0.15) is 6.10 Å². The van der Waals surface area contributed by atoms with Gasteiger partial charge >= 0.3 is 5.97 Å². The number of aryl methyl sites for hydroxylation is 1. The van der Waals surface area contributed by atoms with E-state index in [1.54, 1.807) is 37.4 Å². The highest BCUT2D eigenvalue weighted by Crippen LogP contribution is 2.43. The number of methoxy groups -OCH3 is 1. The minimum Gasteiger partial charge on any atom is -0.459 e. The molecule has 0 bridgehead atoms. The Kier molecular flexibility index (Phi) is 6.92. The lowest BCUT2D eigenvalue weighted by Gasteiger charge is -2.41. The topological polar surface area (TPSA) is 108 Å². The maximum absolute atomic E-state index is 13.7. The number of ketones is 2. The maximum atomic E-state index is 13.7. The van der Waals surface area contributed by atoms with Crippen LogP contribution >= 0.6 is 0 Å². The van der Waals surface area contributed by atoms with Gasteiger partial charge in [0.15, 0.2) is 11.6 Å². The smallest absolute Gasteiger partial charge is 0.340 e. The first-order chi connectivity index (χ1) is 19.3. The number of hydrogen-bond acceptors (Lipinski definition) is 7. The summed E-state index contributed by atoms with van der Waals surface area (Å²) in [6, 6.07) is 15.9. The fourth-order valence-corrected chi connectivity index (χ4v) is 6.72. The van der Waals surface area contributed by atoms with Gasteiger partial charge in [-0.05, 0) is 75.5 Å². The van der Waals surface area contributed by atoms with Crippen molar-refractivity contribution in [3.8, 4) is 0 Å². The predicted octanol–water partition coefficient (Wildman–Crippen LogP) is 6.24. The van der Waals surface area contributed by atoms with E-state index in [0.29, 0.717) is 29.2 Å². The highest BCUT2D eigenvalue weighted by atomic mass is 16.5. The third-order valence-corrected chi connectivity index (χ3v) is 8.91. The van der Waals surface area contributed by atoms with Crippen LogP contribution in [0.3, 0.4) is 0 Å². The van der Waals surface area contributed by atoms with Gasteiger partial charge in [-0.3, -0.25) is 9.59 Å². The zero-order valence-corrected chi connectivity index (χ0v) is 22.9. The van der Waals surface area contributed by atoms with Crippen molar-refractivity contribution in [2.75, 3.05) is 18.2 Å². The van der Waals surface area contributed by atoms with Gasteiger partial charge in [0.2, 0.25) is 0 Å². The fraction of sp³-hybridized carbons (Fsp3) is 0.364. The molecule has 0 heterocycles. The van der Waals surface area contributed by atoms with Gasteiger partial charge in [-0.15, -0.1) is 0 Å². The molecule has 6 rings (SSSR count). The zero-order chi connectivity index (χ0) is 28.0. The predicted molar refractivity (Wildman–Crippen MR) is 153 cm³/mol. The van der Waals surface area contributed by atoms with Crippen molar-refractivity contribution in [3.05, 3.63) is 88.0 Å². The highest BCUT2D eigenvalue weighted by molar-refractivity contribution is 6.32. The number of fused-ring (bicyclic) bond motifs is 3.